The molecule has 0 aliphatic heterocycles. The molecule has 0 amide bonds. The Bertz CT molecular complexity index is 880. The summed E-state index contributed by atoms with van der Waals surface area (Å²) in [6.45, 7) is 2.20. The maximum atomic E-state index is 12.2. The third-order valence-electron chi connectivity index (χ3n) is 3.52. The quantitative estimate of drug-likeness (QED) is 0.801. The lowest BCUT2D eigenvalue weighted by Crippen LogP contribution is -2.16. The van der Waals surface area contributed by atoms with Crippen LogP contribution >= 0.6 is 0 Å². The number of aromatic amines is 1. The summed E-state index contributed by atoms with van der Waals surface area (Å²) in [4.78, 5) is 16.8. The van der Waals surface area contributed by atoms with Crippen molar-refractivity contribution >= 4 is 5.65 Å². The fourth-order valence-electron chi connectivity index (χ4n) is 2.59. The summed E-state index contributed by atoms with van der Waals surface area (Å²) in [6.07, 6.45) is 0. The van der Waals surface area contributed by atoms with E-state index in [4.69, 9.17) is 9.47 Å². The van der Waals surface area contributed by atoms with Crippen LogP contribution in [0.3, 0.4) is 0 Å². The van der Waals surface area contributed by atoms with Crippen molar-refractivity contribution in [2.75, 3.05) is 14.2 Å². The molecule has 1 N–H and O–H groups in total. The molecule has 114 valence electrons. The number of nitrogens with one attached hydrogen (secondary N) is 1. The Hall–Kier alpha value is -2.60. The fraction of sp³-hybridized carbons (Fsp3) is 0.250. The van der Waals surface area contributed by atoms with Crippen LogP contribution in [0, 0.1) is 6.92 Å². The second-order valence-corrected chi connectivity index (χ2v) is 4.99. The Morgan fingerprint density at radius 1 is 1.27 bits per heavy atom. The Balaban J connectivity index is 2.33. The Kier molecular flexibility index (Phi) is 3.68. The van der Waals surface area contributed by atoms with E-state index >= 15 is 0 Å². The van der Waals surface area contributed by atoms with Gasteiger partial charge in [0.1, 0.15) is 5.75 Å². The summed E-state index contributed by atoms with van der Waals surface area (Å²) < 4.78 is 12.0. The predicted molar refractivity (Wildman–Crippen MR) is 83.3 cm³/mol. The summed E-state index contributed by atoms with van der Waals surface area (Å²) in [7, 11) is 3.20. The number of hydrogen-bond acceptors (Lipinski definition) is 4. The van der Waals surface area contributed by atoms with Gasteiger partial charge >= 0.3 is 0 Å². The number of para-hydroxylation sites is 1. The molecule has 6 nitrogen and oxygen atoms in total. The summed E-state index contributed by atoms with van der Waals surface area (Å²) in [5.74, 6) is 0.735. The number of methoxy groups -OCH3 is 2. The van der Waals surface area contributed by atoms with Gasteiger partial charge in [-0.05, 0) is 13.0 Å². The molecule has 0 aliphatic rings. The lowest BCUT2D eigenvalue weighted by Gasteiger charge is -2.08. The van der Waals surface area contributed by atoms with Crippen molar-refractivity contribution in [1.82, 2.24) is 14.6 Å². The van der Waals surface area contributed by atoms with E-state index in [1.807, 2.05) is 31.2 Å². The van der Waals surface area contributed by atoms with Crippen molar-refractivity contribution in [1.29, 1.82) is 0 Å². The SMILES string of the molecule is COCc1cc(=O)n2[nH]c(C)c(-c3ccccc3OC)c2n1. The summed E-state index contributed by atoms with van der Waals surface area (Å²) in [5, 5.41) is 3.06. The van der Waals surface area contributed by atoms with Gasteiger partial charge in [0, 0.05) is 24.4 Å². The van der Waals surface area contributed by atoms with Gasteiger partial charge in [0.25, 0.3) is 5.56 Å². The average molecular weight is 299 g/mol. The maximum absolute atomic E-state index is 12.2. The molecule has 0 spiro atoms. The minimum absolute atomic E-state index is 0.165. The molecule has 6 heteroatoms. The van der Waals surface area contributed by atoms with Crippen LogP contribution in [0.25, 0.3) is 16.8 Å². The lowest BCUT2D eigenvalue weighted by atomic mass is 10.1. The summed E-state index contributed by atoms with van der Waals surface area (Å²) >= 11 is 0. The topological polar surface area (TPSA) is 68.6 Å². The third-order valence-corrected chi connectivity index (χ3v) is 3.52. The third kappa shape index (κ3) is 2.27. The van der Waals surface area contributed by atoms with Crippen LogP contribution in [0.2, 0.25) is 0 Å². The Morgan fingerprint density at radius 2 is 2.05 bits per heavy atom. The summed E-state index contributed by atoms with van der Waals surface area (Å²) in [5.41, 5.74) is 3.60. The number of benzene rings is 1. The lowest BCUT2D eigenvalue weighted by molar-refractivity contribution is 0.181. The van der Waals surface area contributed by atoms with Crippen molar-refractivity contribution in [3.8, 4) is 16.9 Å². The van der Waals surface area contributed by atoms with E-state index in [-0.39, 0.29) is 5.56 Å². The molecule has 0 atom stereocenters. The van der Waals surface area contributed by atoms with Gasteiger partial charge in [0.2, 0.25) is 0 Å². The largest absolute Gasteiger partial charge is 0.496 e. The first-order valence-electron chi connectivity index (χ1n) is 6.89. The van der Waals surface area contributed by atoms with Gasteiger partial charge in [-0.15, -0.1) is 0 Å². The van der Waals surface area contributed by atoms with Crippen molar-refractivity contribution < 1.29 is 9.47 Å². The van der Waals surface area contributed by atoms with Crippen LogP contribution in [-0.2, 0) is 11.3 Å². The summed E-state index contributed by atoms with van der Waals surface area (Å²) in [6, 6.07) is 9.14. The van der Waals surface area contributed by atoms with E-state index in [0.717, 1.165) is 22.6 Å². The van der Waals surface area contributed by atoms with Crippen molar-refractivity contribution in [2.45, 2.75) is 13.5 Å². The molecule has 0 bridgehead atoms. The highest BCUT2D eigenvalue weighted by molar-refractivity contribution is 5.83. The van der Waals surface area contributed by atoms with Crippen molar-refractivity contribution in [3.05, 3.63) is 52.1 Å². The van der Waals surface area contributed by atoms with E-state index in [2.05, 4.69) is 10.1 Å². The van der Waals surface area contributed by atoms with E-state index in [1.165, 1.54) is 10.6 Å². The number of rotatable bonds is 4. The first-order valence-corrected chi connectivity index (χ1v) is 6.89. The van der Waals surface area contributed by atoms with Gasteiger partial charge in [0.05, 0.1) is 25.0 Å². The predicted octanol–water partition coefficient (Wildman–Crippen LogP) is 2.15. The normalized spacial score (nSPS) is 11.0. The first kappa shape index (κ1) is 14.3. The molecule has 0 radical (unpaired) electrons. The average Bonchev–Trinajstić information content (AvgIpc) is 2.84. The molecule has 2 aromatic heterocycles. The number of fused-ring (bicyclic) bond motifs is 1. The molecule has 22 heavy (non-hydrogen) atoms. The molecular formula is C16H17N3O3. The van der Waals surface area contributed by atoms with Crippen LogP contribution in [-0.4, -0.2) is 28.8 Å². The standard InChI is InChI=1S/C16H17N3O3/c1-10-15(12-6-4-5-7-13(12)22-3)16-17-11(9-21-2)8-14(20)19(16)18-10/h4-8,18H,9H2,1-3H3. The molecule has 3 rings (SSSR count). The second kappa shape index (κ2) is 5.65. The fourth-order valence-corrected chi connectivity index (χ4v) is 2.59. The number of H-pyrrole nitrogens is 1. The Morgan fingerprint density at radius 3 is 2.77 bits per heavy atom. The minimum Gasteiger partial charge on any atom is -0.496 e. The minimum atomic E-state index is -0.165. The van der Waals surface area contributed by atoms with Gasteiger partial charge in [-0.1, -0.05) is 18.2 Å². The van der Waals surface area contributed by atoms with E-state index in [0.29, 0.717) is 17.9 Å². The van der Waals surface area contributed by atoms with E-state index < -0.39 is 0 Å². The van der Waals surface area contributed by atoms with E-state index in [9.17, 15) is 4.79 Å². The number of ether oxygens (including phenoxy) is 2. The van der Waals surface area contributed by atoms with E-state index in [1.54, 1.807) is 14.2 Å². The highest BCUT2D eigenvalue weighted by Crippen LogP contribution is 2.33. The number of nitrogens with zero attached hydrogens (tertiary/aromatic N) is 2. The molecular weight excluding hydrogens is 282 g/mol. The zero-order valence-electron chi connectivity index (χ0n) is 12.7. The highest BCUT2D eigenvalue weighted by Gasteiger charge is 2.17. The zero-order chi connectivity index (χ0) is 15.7. The van der Waals surface area contributed by atoms with Crippen LogP contribution in [0.15, 0.2) is 35.1 Å². The van der Waals surface area contributed by atoms with Gasteiger partial charge < -0.3 is 9.47 Å². The molecule has 0 aliphatic carbocycles. The molecule has 0 saturated heterocycles. The molecule has 0 fully saturated rings. The number of aromatic nitrogens is 3. The second-order valence-electron chi connectivity index (χ2n) is 4.99. The van der Waals surface area contributed by atoms with Crippen molar-refractivity contribution in [3.63, 3.8) is 0 Å². The van der Waals surface area contributed by atoms with Gasteiger partial charge in [0.15, 0.2) is 5.65 Å². The monoisotopic (exact) mass is 299 g/mol. The van der Waals surface area contributed by atoms with Crippen LogP contribution in [0.5, 0.6) is 5.75 Å². The van der Waals surface area contributed by atoms with Crippen LogP contribution in [0.4, 0.5) is 0 Å². The maximum Gasteiger partial charge on any atom is 0.273 e. The smallest absolute Gasteiger partial charge is 0.273 e. The molecule has 0 unspecified atom stereocenters. The molecule has 1 aromatic carbocycles. The zero-order valence-corrected chi connectivity index (χ0v) is 12.7. The molecule has 0 saturated carbocycles. The van der Waals surface area contributed by atoms with Gasteiger partial charge in [-0.25, -0.2) is 9.50 Å². The van der Waals surface area contributed by atoms with Crippen molar-refractivity contribution in [2.24, 2.45) is 0 Å². The Labute approximate surface area is 127 Å². The van der Waals surface area contributed by atoms with Crippen LogP contribution in [0.1, 0.15) is 11.4 Å². The van der Waals surface area contributed by atoms with Crippen LogP contribution < -0.4 is 10.3 Å². The molecule has 3 aromatic rings. The number of aryl methyl sites for hydroxylation is 1. The van der Waals surface area contributed by atoms with Gasteiger partial charge in [-0.2, -0.15) is 0 Å². The number of hydrogen-bond donors (Lipinski definition) is 1. The van der Waals surface area contributed by atoms with Gasteiger partial charge in [-0.3, -0.25) is 9.89 Å². The first-order chi connectivity index (χ1) is 10.7. The molecule has 2 heterocycles. The highest BCUT2D eigenvalue weighted by atomic mass is 16.5.